The first-order chi connectivity index (χ1) is 9.51. The SMILES string of the molecule is Cc1ccc(Br)cc1Oc1cc(C#N)ccc1[C@H](C)O. The maximum atomic E-state index is 9.80. The van der Waals surface area contributed by atoms with E-state index in [0.29, 0.717) is 22.6 Å². The molecule has 0 spiro atoms. The Morgan fingerprint density at radius 2 is 1.95 bits per heavy atom. The standard InChI is InChI=1S/C16H14BrNO2/c1-10-3-5-13(17)8-15(10)20-16-7-12(9-18)4-6-14(16)11(2)19/h3-8,11,19H,1-2H3/t11-/m0/s1. The van der Waals surface area contributed by atoms with Crippen LogP contribution in [0.1, 0.15) is 29.7 Å². The maximum Gasteiger partial charge on any atom is 0.134 e. The molecule has 0 fully saturated rings. The fourth-order valence-electron chi connectivity index (χ4n) is 1.84. The average Bonchev–Trinajstić information content (AvgIpc) is 2.42. The van der Waals surface area contributed by atoms with Gasteiger partial charge in [-0.3, -0.25) is 0 Å². The Labute approximate surface area is 126 Å². The number of nitrogens with zero attached hydrogens (tertiary/aromatic N) is 1. The van der Waals surface area contributed by atoms with Crippen LogP contribution in [0, 0.1) is 18.3 Å². The van der Waals surface area contributed by atoms with Gasteiger partial charge in [-0.15, -0.1) is 0 Å². The molecule has 0 aliphatic carbocycles. The van der Waals surface area contributed by atoms with Crippen molar-refractivity contribution in [3.8, 4) is 17.6 Å². The van der Waals surface area contributed by atoms with Crippen LogP contribution < -0.4 is 4.74 Å². The number of rotatable bonds is 3. The number of halogens is 1. The van der Waals surface area contributed by atoms with E-state index in [1.165, 1.54) is 0 Å². The molecule has 0 heterocycles. The van der Waals surface area contributed by atoms with Crippen molar-refractivity contribution in [2.24, 2.45) is 0 Å². The zero-order chi connectivity index (χ0) is 14.7. The van der Waals surface area contributed by atoms with Crippen LogP contribution in [0.25, 0.3) is 0 Å². The molecule has 0 bridgehead atoms. The van der Waals surface area contributed by atoms with Crippen LogP contribution in [-0.4, -0.2) is 5.11 Å². The van der Waals surface area contributed by atoms with Gasteiger partial charge in [0.25, 0.3) is 0 Å². The number of nitriles is 1. The van der Waals surface area contributed by atoms with Gasteiger partial charge < -0.3 is 9.84 Å². The number of aliphatic hydroxyl groups is 1. The molecule has 102 valence electrons. The smallest absolute Gasteiger partial charge is 0.134 e. The van der Waals surface area contributed by atoms with Crippen LogP contribution in [0.5, 0.6) is 11.5 Å². The molecule has 2 aromatic rings. The lowest BCUT2D eigenvalue weighted by molar-refractivity contribution is 0.195. The zero-order valence-corrected chi connectivity index (χ0v) is 12.8. The van der Waals surface area contributed by atoms with Gasteiger partial charge in [0.2, 0.25) is 0 Å². The summed E-state index contributed by atoms with van der Waals surface area (Å²) in [6.45, 7) is 3.61. The Kier molecular flexibility index (Phi) is 4.43. The molecule has 0 saturated carbocycles. The first-order valence-corrected chi connectivity index (χ1v) is 6.96. The predicted molar refractivity (Wildman–Crippen MR) is 80.7 cm³/mol. The molecule has 0 aromatic heterocycles. The van der Waals surface area contributed by atoms with Gasteiger partial charge in [-0.2, -0.15) is 5.26 Å². The van der Waals surface area contributed by atoms with Gasteiger partial charge in [0.1, 0.15) is 11.5 Å². The van der Waals surface area contributed by atoms with Crippen molar-refractivity contribution in [1.82, 2.24) is 0 Å². The minimum absolute atomic E-state index is 0.497. The maximum absolute atomic E-state index is 9.80. The quantitative estimate of drug-likeness (QED) is 0.902. The van der Waals surface area contributed by atoms with E-state index in [2.05, 4.69) is 22.0 Å². The summed E-state index contributed by atoms with van der Waals surface area (Å²) in [6, 6.07) is 12.8. The summed E-state index contributed by atoms with van der Waals surface area (Å²) in [4.78, 5) is 0. The van der Waals surface area contributed by atoms with E-state index in [4.69, 9.17) is 10.00 Å². The summed E-state index contributed by atoms with van der Waals surface area (Å²) in [5.74, 6) is 1.19. The third-order valence-corrected chi connectivity index (χ3v) is 3.46. The molecule has 1 N–H and O–H groups in total. The lowest BCUT2D eigenvalue weighted by Gasteiger charge is -2.15. The van der Waals surface area contributed by atoms with E-state index < -0.39 is 6.10 Å². The zero-order valence-electron chi connectivity index (χ0n) is 11.2. The molecule has 0 saturated heterocycles. The van der Waals surface area contributed by atoms with Crippen LogP contribution in [0.15, 0.2) is 40.9 Å². The monoisotopic (exact) mass is 331 g/mol. The number of ether oxygens (including phenoxy) is 1. The first kappa shape index (κ1) is 14.6. The Bertz CT molecular complexity index is 675. The molecule has 0 aliphatic heterocycles. The summed E-state index contributed by atoms with van der Waals surface area (Å²) in [6.07, 6.45) is -0.662. The van der Waals surface area contributed by atoms with Gasteiger partial charge in [-0.25, -0.2) is 0 Å². The van der Waals surface area contributed by atoms with Crippen LogP contribution in [0.2, 0.25) is 0 Å². The second-order valence-electron chi connectivity index (χ2n) is 4.55. The number of aryl methyl sites for hydroxylation is 1. The van der Waals surface area contributed by atoms with Gasteiger partial charge in [-0.1, -0.05) is 28.1 Å². The molecular weight excluding hydrogens is 318 g/mol. The highest BCUT2D eigenvalue weighted by atomic mass is 79.9. The molecule has 2 aromatic carbocycles. The fourth-order valence-corrected chi connectivity index (χ4v) is 2.18. The van der Waals surface area contributed by atoms with Crippen LogP contribution in [-0.2, 0) is 0 Å². The molecular formula is C16H14BrNO2. The lowest BCUT2D eigenvalue weighted by atomic mass is 10.1. The molecule has 2 rings (SSSR count). The van der Waals surface area contributed by atoms with Gasteiger partial charge in [0.05, 0.1) is 17.7 Å². The lowest BCUT2D eigenvalue weighted by Crippen LogP contribution is -1.98. The fraction of sp³-hybridized carbons (Fsp3) is 0.188. The largest absolute Gasteiger partial charge is 0.457 e. The topological polar surface area (TPSA) is 53.2 Å². The molecule has 0 radical (unpaired) electrons. The van der Waals surface area contributed by atoms with Gasteiger partial charge in [-0.05, 0) is 43.7 Å². The highest BCUT2D eigenvalue weighted by Crippen LogP contribution is 2.33. The van der Waals surface area contributed by atoms with Crippen LogP contribution in [0.3, 0.4) is 0 Å². The number of hydrogen-bond donors (Lipinski definition) is 1. The Balaban J connectivity index is 2.46. The summed E-state index contributed by atoms with van der Waals surface area (Å²) >= 11 is 3.40. The van der Waals surface area contributed by atoms with E-state index in [1.54, 1.807) is 25.1 Å². The van der Waals surface area contributed by atoms with Gasteiger partial charge in [0, 0.05) is 10.0 Å². The van der Waals surface area contributed by atoms with Crippen molar-refractivity contribution in [2.75, 3.05) is 0 Å². The van der Waals surface area contributed by atoms with E-state index in [0.717, 1.165) is 10.0 Å². The van der Waals surface area contributed by atoms with E-state index >= 15 is 0 Å². The number of aliphatic hydroxyl groups excluding tert-OH is 1. The Morgan fingerprint density at radius 3 is 2.60 bits per heavy atom. The van der Waals surface area contributed by atoms with Crippen LogP contribution in [0.4, 0.5) is 0 Å². The minimum atomic E-state index is -0.662. The van der Waals surface area contributed by atoms with Gasteiger partial charge >= 0.3 is 0 Å². The molecule has 4 heteroatoms. The summed E-state index contributed by atoms with van der Waals surface area (Å²) in [7, 11) is 0. The molecule has 0 unspecified atom stereocenters. The van der Waals surface area contributed by atoms with Crippen molar-refractivity contribution in [1.29, 1.82) is 5.26 Å². The second kappa shape index (κ2) is 6.08. The molecule has 1 atom stereocenters. The minimum Gasteiger partial charge on any atom is -0.457 e. The summed E-state index contributed by atoms with van der Waals surface area (Å²) in [5, 5.41) is 18.8. The van der Waals surface area contributed by atoms with Crippen LogP contribution >= 0.6 is 15.9 Å². The van der Waals surface area contributed by atoms with E-state index in [9.17, 15) is 5.11 Å². The molecule has 3 nitrogen and oxygen atoms in total. The second-order valence-corrected chi connectivity index (χ2v) is 5.47. The van der Waals surface area contributed by atoms with Crippen molar-refractivity contribution < 1.29 is 9.84 Å². The third kappa shape index (κ3) is 3.19. The van der Waals surface area contributed by atoms with Gasteiger partial charge in [0.15, 0.2) is 0 Å². The van der Waals surface area contributed by atoms with E-state index in [1.807, 2.05) is 25.1 Å². The van der Waals surface area contributed by atoms with Crippen molar-refractivity contribution >= 4 is 15.9 Å². The highest BCUT2D eigenvalue weighted by Gasteiger charge is 2.12. The Morgan fingerprint density at radius 1 is 1.20 bits per heavy atom. The highest BCUT2D eigenvalue weighted by molar-refractivity contribution is 9.10. The molecule has 0 amide bonds. The predicted octanol–water partition coefficient (Wildman–Crippen LogP) is 4.47. The first-order valence-electron chi connectivity index (χ1n) is 6.17. The summed E-state index contributed by atoms with van der Waals surface area (Å²) < 4.78 is 6.79. The van der Waals surface area contributed by atoms with Crippen molar-refractivity contribution in [2.45, 2.75) is 20.0 Å². The average molecular weight is 332 g/mol. The summed E-state index contributed by atoms with van der Waals surface area (Å²) in [5.41, 5.74) is 2.13. The normalized spacial score (nSPS) is 11.8. The third-order valence-electron chi connectivity index (χ3n) is 2.96. The number of hydrogen-bond acceptors (Lipinski definition) is 3. The van der Waals surface area contributed by atoms with E-state index in [-0.39, 0.29) is 0 Å². The number of benzene rings is 2. The Hall–Kier alpha value is -1.83. The van der Waals surface area contributed by atoms with Crippen molar-refractivity contribution in [3.63, 3.8) is 0 Å². The molecule has 20 heavy (non-hydrogen) atoms. The van der Waals surface area contributed by atoms with Crippen molar-refractivity contribution in [3.05, 3.63) is 57.6 Å². The molecule has 0 aliphatic rings.